The van der Waals surface area contributed by atoms with Crippen LogP contribution in [0.25, 0.3) is 0 Å². The molecule has 0 radical (unpaired) electrons. The largest absolute Gasteiger partial charge is 0.350 e. The van der Waals surface area contributed by atoms with Gasteiger partial charge in [0.05, 0.1) is 6.04 Å². The van der Waals surface area contributed by atoms with Crippen LogP contribution in [0.3, 0.4) is 0 Å². The quantitative estimate of drug-likeness (QED) is 0.844. The molecular formula is C20H26N2O. The Hall–Kier alpha value is -2.13. The maximum Gasteiger partial charge on any atom is 0.222 e. The van der Waals surface area contributed by atoms with Crippen LogP contribution in [0.4, 0.5) is 0 Å². The SMILES string of the molecule is CC(C)c1ccc(C(C)NC(=O)CC(N)c2ccccc2)cc1. The molecule has 122 valence electrons. The molecule has 0 fully saturated rings. The van der Waals surface area contributed by atoms with Crippen molar-refractivity contribution >= 4 is 5.91 Å². The van der Waals surface area contributed by atoms with E-state index in [1.807, 2.05) is 37.3 Å². The molecule has 2 unspecified atom stereocenters. The summed E-state index contributed by atoms with van der Waals surface area (Å²) >= 11 is 0. The van der Waals surface area contributed by atoms with Gasteiger partial charge >= 0.3 is 0 Å². The molecule has 0 spiro atoms. The Morgan fingerprint density at radius 1 is 0.913 bits per heavy atom. The first kappa shape index (κ1) is 17.2. The van der Waals surface area contributed by atoms with Crippen LogP contribution in [-0.2, 0) is 4.79 Å². The molecule has 1 amide bonds. The van der Waals surface area contributed by atoms with Crippen molar-refractivity contribution < 1.29 is 4.79 Å². The number of nitrogens with two attached hydrogens (primary N) is 1. The molecule has 0 saturated heterocycles. The van der Waals surface area contributed by atoms with Gasteiger partial charge in [0.1, 0.15) is 0 Å². The molecule has 0 saturated carbocycles. The maximum absolute atomic E-state index is 12.2. The number of carbonyl (C=O) groups is 1. The average Bonchev–Trinajstić information content (AvgIpc) is 2.55. The van der Waals surface area contributed by atoms with Crippen molar-refractivity contribution in [1.29, 1.82) is 0 Å². The first-order valence-corrected chi connectivity index (χ1v) is 8.17. The van der Waals surface area contributed by atoms with Gasteiger partial charge in [0.15, 0.2) is 0 Å². The number of benzene rings is 2. The third kappa shape index (κ3) is 4.93. The van der Waals surface area contributed by atoms with E-state index in [-0.39, 0.29) is 18.0 Å². The molecule has 3 nitrogen and oxygen atoms in total. The second-order valence-electron chi connectivity index (χ2n) is 6.33. The van der Waals surface area contributed by atoms with E-state index in [0.717, 1.165) is 11.1 Å². The molecule has 0 aliphatic carbocycles. The number of hydrogen-bond acceptors (Lipinski definition) is 2. The fourth-order valence-corrected chi connectivity index (χ4v) is 2.57. The second kappa shape index (κ2) is 7.93. The van der Waals surface area contributed by atoms with Crippen molar-refractivity contribution in [2.75, 3.05) is 0 Å². The van der Waals surface area contributed by atoms with E-state index in [1.54, 1.807) is 0 Å². The van der Waals surface area contributed by atoms with Crippen LogP contribution in [0.15, 0.2) is 54.6 Å². The zero-order chi connectivity index (χ0) is 16.8. The zero-order valence-corrected chi connectivity index (χ0v) is 14.1. The van der Waals surface area contributed by atoms with Crippen LogP contribution in [0.1, 0.15) is 61.9 Å². The molecule has 2 aromatic rings. The minimum Gasteiger partial charge on any atom is -0.350 e. The summed E-state index contributed by atoms with van der Waals surface area (Å²) in [6.45, 7) is 6.34. The van der Waals surface area contributed by atoms with Crippen LogP contribution in [0.5, 0.6) is 0 Å². The lowest BCUT2D eigenvalue weighted by atomic mass is 9.99. The molecule has 3 heteroatoms. The Kier molecular flexibility index (Phi) is 5.94. The topological polar surface area (TPSA) is 55.1 Å². The molecule has 23 heavy (non-hydrogen) atoms. The molecule has 0 bridgehead atoms. The molecule has 0 aliphatic rings. The fraction of sp³-hybridized carbons (Fsp3) is 0.350. The molecule has 2 rings (SSSR count). The lowest BCUT2D eigenvalue weighted by molar-refractivity contribution is -0.122. The fourth-order valence-electron chi connectivity index (χ4n) is 2.57. The molecular weight excluding hydrogens is 284 g/mol. The Labute approximate surface area is 138 Å². The van der Waals surface area contributed by atoms with Gasteiger partial charge in [0, 0.05) is 12.5 Å². The summed E-state index contributed by atoms with van der Waals surface area (Å²) in [7, 11) is 0. The van der Waals surface area contributed by atoms with Crippen LogP contribution in [0.2, 0.25) is 0 Å². The van der Waals surface area contributed by atoms with Crippen molar-refractivity contribution in [3.05, 3.63) is 71.3 Å². The van der Waals surface area contributed by atoms with Gasteiger partial charge in [-0.2, -0.15) is 0 Å². The standard InChI is InChI=1S/C20H26N2O/c1-14(2)16-9-11-17(12-10-16)15(3)22-20(23)13-19(21)18-7-5-4-6-8-18/h4-12,14-15,19H,13,21H2,1-3H3,(H,22,23). The Bertz CT molecular complexity index is 620. The minimum absolute atomic E-state index is 0.0216. The van der Waals surface area contributed by atoms with Gasteiger partial charge in [-0.3, -0.25) is 4.79 Å². The molecule has 2 aromatic carbocycles. The Morgan fingerprint density at radius 3 is 2.04 bits per heavy atom. The van der Waals surface area contributed by atoms with Crippen molar-refractivity contribution in [3.8, 4) is 0 Å². The van der Waals surface area contributed by atoms with Gasteiger partial charge in [-0.15, -0.1) is 0 Å². The van der Waals surface area contributed by atoms with Crippen LogP contribution in [0, 0.1) is 0 Å². The first-order valence-electron chi connectivity index (χ1n) is 8.17. The van der Waals surface area contributed by atoms with Gasteiger partial charge < -0.3 is 11.1 Å². The van der Waals surface area contributed by atoms with Gasteiger partial charge in [-0.05, 0) is 29.5 Å². The molecule has 0 aromatic heterocycles. The summed E-state index contributed by atoms with van der Waals surface area (Å²) in [6.07, 6.45) is 0.290. The highest BCUT2D eigenvalue weighted by Crippen LogP contribution is 2.19. The van der Waals surface area contributed by atoms with Crippen molar-refractivity contribution in [2.24, 2.45) is 5.73 Å². The first-order chi connectivity index (χ1) is 11.0. The van der Waals surface area contributed by atoms with E-state index >= 15 is 0 Å². The third-order valence-corrected chi connectivity index (χ3v) is 4.11. The molecule has 2 atom stereocenters. The maximum atomic E-state index is 12.2. The van der Waals surface area contributed by atoms with E-state index in [4.69, 9.17) is 5.73 Å². The summed E-state index contributed by atoms with van der Waals surface area (Å²) in [4.78, 5) is 12.2. The highest BCUT2D eigenvalue weighted by atomic mass is 16.1. The monoisotopic (exact) mass is 310 g/mol. The van der Waals surface area contributed by atoms with Gasteiger partial charge in [0.25, 0.3) is 0 Å². The lowest BCUT2D eigenvalue weighted by Gasteiger charge is -2.17. The van der Waals surface area contributed by atoms with E-state index in [1.165, 1.54) is 5.56 Å². The summed E-state index contributed by atoms with van der Waals surface area (Å²) in [6, 6.07) is 17.8. The van der Waals surface area contributed by atoms with Crippen LogP contribution < -0.4 is 11.1 Å². The van der Waals surface area contributed by atoms with Gasteiger partial charge in [0.2, 0.25) is 5.91 Å². The lowest BCUT2D eigenvalue weighted by Crippen LogP contribution is -2.29. The van der Waals surface area contributed by atoms with Crippen LogP contribution >= 0.6 is 0 Å². The van der Waals surface area contributed by atoms with E-state index in [9.17, 15) is 4.79 Å². The predicted molar refractivity (Wildman–Crippen MR) is 95.1 cm³/mol. The summed E-state index contributed by atoms with van der Waals surface area (Å²) in [5, 5.41) is 3.03. The Balaban J connectivity index is 1.91. The number of hydrogen-bond donors (Lipinski definition) is 2. The second-order valence-corrected chi connectivity index (χ2v) is 6.33. The van der Waals surface area contributed by atoms with E-state index in [0.29, 0.717) is 12.3 Å². The normalized spacial score (nSPS) is 13.6. The summed E-state index contributed by atoms with van der Waals surface area (Å²) in [5.41, 5.74) is 9.50. The summed E-state index contributed by atoms with van der Waals surface area (Å²) in [5.74, 6) is 0.486. The minimum atomic E-state index is -0.272. The van der Waals surface area contributed by atoms with Gasteiger partial charge in [-0.1, -0.05) is 68.4 Å². The van der Waals surface area contributed by atoms with Gasteiger partial charge in [-0.25, -0.2) is 0 Å². The summed E-state index contributed by atoms with van der Waals surface area (Å²) < 4.78 is 0. The van der Waals surface area contributed by atoms with E-state index in [2.05, 4.69) is 43.4 Å². The Morgan fingerprint density at radius 2 is 1.48 bits per heavy atom. The molecule has 0 heterocycles. The highest BCUT2D eigenvalue weighted by Gasteiger charge is 2.14. The molecule has 3 N–H and O–H groups in total. The number of rotatable bonds is 6. The number of nitrogens with one attached hydrogen (secondary N) is 1. The number of carbonyl (C=O) groups excluding carboxylic acids is 1. The van der Waals surface area contributed by atoms with Crippen molar-refractivity contribution in [2.45, 2.75) is 45.2 Å². The molecule has 0 aliphatic heterocycles. The van der Waals surface area contributed by atoms with E-state index < -0.39 is 0 Å². The van der Waals surface area contributed by atoms with Crippen LogP contribution in [-0.4, -0.2) is 5.91 Å². The smallest absolute Gasteiger partial charge is 0.222 e. The average molecular weight is 310 g/mol. The van der Waals surface area contributed by atoms with Crippen molar-refractivity contribution in [3.63, 3.8) is 0 Å². The number of amides is 1. The third-order valence-electron chi connectivity index (χ3n) is 4.11. The highest BCUT2D eigenvalue weighted by molar-refractivity contribution is 5.77. The van der Waals surface area contributed by atoms with Crippen molar-refractivity contribution in [1.82, 2.24) is 5.32 Å². The zero-order valence-electron chi connectivity index (χ0n) is 14.1. The predicted octanol–water partition coefficient (Wildman–Crippen LogP) is 4.08.